The van der Waals surface area contributed by atoms with E-state index < -0.39 is 0 Å². The Hall–Kier alpha value is -2.38. The van der Waals surface area contributed by atoms with Gasteiger partial charge in [-0.1, -0.05) is 91.9 Å². The maximum absolute atomic E-state index is 10.3. The van der Waals surface area contributed by atoms with E-state index in [-0.39, 0.29) is 23.9 Å². The van der Waals surface area contributed by atoms with E-state index in [4.69, 9.17) is 0 Å². The van der Waals surface area contributed by atoms with Crippen LogP contribution in [0.2, 0.25) is 0 Å². The number of aliphatic hydroxyl groups excluding tert-OH is 1. The average Bonchev–Trinajstić information content (AvgIpc) is 3.03. The number of hydrogen-bond donors (Lipinski definition) is 1. The molecule has 3 aromatic carbocycles. The Labute approximate surface area is 162 Å². The molecule has 1 unspecified atom stereocenters. The second-order valence-electron chi connectivity index (χ2n) is 8.12. The minimum atomic E-state index is -0.0673. The van der Waals surface area contributed by atoms with Gasteiger partial charge in [0, 0.05) is 12.0 Å². The van der Waals surface area contributed by atoms with Crippen molar-refractivity contribution in [1.29, 1.82) is 0 Å². The molecular formula is C26H28O. The summed E-state index contributed by atoms with van der Waals surface area (Å²) in [6, 6.07) is 30.4. The van der Waals surface area contributed by atoms with Crippen molar-refractivity contribution < 1.29 is 5.11 Å². The van der Waals surface area contributed by atoms with Gasteiger partial charge in [-0.3, -0.25) is 0 Å². The standard InChI is InChI=1S/C26H28O/c1-19-11-9-10-16-23(19)24-17-21(18-27)25(20-12-5-3-6-13-20)26(24,2)22-14-7-4-8-15-22/h3-16,21,24-25,27H,17-18H2,1-2H3/t21-,24?,25-,26+/m1/s1. The zero-order valence-corrected chi connectivity index (χ0v) is 16.2. The van der Waals surface area contributed by atoms with Gasteiger partial charge in [0.2, 0.25) is 0 Å². The third kappa shape index (κ3) is 3.00. The first-order valence-corrected chi connectivity index (χ1v) is 9.93. The third-order valence-electron chi connectivity index (χ3n) is 6.73. The van der Waals surface area contributed by atoms with Gasteiger partial charge in [-0.25, -0.2) is 0 Å². The molecule has 1 heteroatoms. The molecule has 4 rings (SSSR count). The predicted molar refractivity (Wildman–Crippen MR) is 112 cm³/mol. The molecule has 0 aromatic heterocycles. The number of hydrogen-bond acceptors (Lipinski definition) is 1. The highest BCUT2D eigenvalue weighted by Crippen LogP contribution is 2.61. The Morgan fingerprint density at radius 2 is 1.44 bits per heavy atom. The topological polar surface area (TPSA) is 20.2 Å². The summed E-state index contributed by atoms with van der Waals surface area (Å²) in [6.45, 7) is 4.85. The highest BCUT2D eigenvalue weighted by molar-refractivity contribution is 5.44. The summed E-state index contributed by atoms with van der Waals surface area (Å²) >= 11 is 0. The van der Waals surface area contributed by atoms with Crippen LogP contribution in [0, 0.1) is 12.8 Å². The van der Waals surface area contributed by atoms with Gasteiger partial charge in [0.05, 0.1) is 0 Å². The summed E-state index contributed by atoms with van der Waals surface area (Å²) in [4.78, 5) is 0. The lowest BCUT2D eigenvalue weighted by Gasteiger charge is -2.40. The van der Waals surface area contributed by atoms with E-state index in [1.54, 1.807) is 0 Å². The number of benzene rings is 3. The first-order chi connectivity index (χ1) is 13.2. The minimum absolute atomic E-state index is 0.0673. The van der Waals surface area contributed by atoms with Gasteiger partial charge < -0.3 is 5.11 Å². The van der Waals surface area contributed by atoms with Crippen LogP contribution in [-0.4, -0.2) is 11.7 Å². The molecule has 138 valence electrons. The molecule has 1 N–H and O–H groups in total. The lowest BCUT2D eigenvalue weighted by molar-refractivity contribution is 0.206. The van der Waals surface area contributed by atoms with Crippen LogP contribution < -0.4 is 0 Å². The lowest BCUT2D eigenvalue weighted by atomic mass is 9.63. The van der Waals surface area contributed by atoms with Crippen LogP contribution in [0.3, 0.4) is 0 Å². The molecule has 1 saturated carbocycles. The molecule has 27 heavy (non-hydrogen) atoms. The van der Waals surface area contributed by atoms with Crippen molar-refractivity contribution in [1.82, 2.24) is 0 Å². The van der Waals surface area contributed by atoms with Gasteiger partial charge in [-0.05, 0) is 53.4 Å². The first kappa shape index (κ1) is 18.0. The molecule has 1 fully saturated rings. The summed E-state index contributed by atoms with van der Waals surface area (Å²) in [5, 5.41) is 10.3. The van der Waals surface area contributed by atoms with Crippen molar-refractivity contribution in [2.45, 2.75) is 37.5 Å². The van der Waals surface area contributed by atoms with E-state index in [0.717, 1.165) is 6.42 Å². The van der Waals surface area contributed by atoms with Crippen molar-refractivity contribution in [2.24, 2.45) is 5.92 Å². The molecule has 0 radical (unpaired) electrons. The third-order valence-corrected chi connectivity index (χ3v) is 6.73. The van der Waals surface area contributed by atoms with Crippen molar-refractivity contribution in [3.63, 3.8) is 0 Å². The molecule has 1 aliphatic carbocycles. The maximum atomic E-state index is 10.3. The number of aliphatic hydroxyl groups is 1. The fourth-order valence-corrected chi connectivity index (χ4v) is 5.45. The highest BCUT2D eigenvalue weighted by Gasteiger charge is 2.53. The Morgan fingerprint density at radius 3 is 2.07 bits per heavy atom. The molecule has 0 bridgehead atoms. The van der Waals surface area contributed by atoms with Crippen LogP contribution in [0.5, 0.6) is 0 Å². The molecule has 0 spiro atoms. The van der Waals surface area contributed by atoms with E-state index in [1.807, 2.05) is 0 Å². The summed E-state index contributed by atoms with van der Waals surface area (Å²) in [5.74, 6) is 0.918. The maximum Gasteiger partial charge on any atom is 0.0465 e. The van der Waals surface area contributed by atoms with Crippen LogP contribution in [0.4, 0.5) is 0 Å². The van der Waals surface area contributed by atoms with Crippen LogP contribution >= 0.6 is 0 Å². The molecule has 4 atom stereocenters. The van der Waals surface area contributed by atoms with Crippen LogP contribution in [0.15, 0.2) is 84.9 Å². The first-order valence-electron chi connectivity index (χ1n) is 9.93. The van der Waals surface area contributed by atoms with Crippen molar-refractivity contribution >= 4 is 0 Å². The van der Waals surface area contributed by atoms with Gasteiger partial charge in [0.15, 0.2) is 0 Å². The van der Waals surface area contributed by atoms with Crippen LogP contribution in [0.25, 0.3) is 0 Å². The highest BCUT2D eigenvalue weighted by atomic mass is 16.3. The monoisotopic (exact) mass is 356 g/mol. The lowest BCUT2D eigenvalue weighted by Crippen LogP contribution is -2.33. The van der Waals surface area contributed by atoms with E-state index in [9.17, 15) is 5.11 Å². The molecule has 0 aliphatic heterocycles. The molecular weight excluding hydrogens is 328 g/mol. The van der Waals surface area contributed by atoms with Crippen molar-refractivity contribution in [3.05, 3.63) is 107 Å². The summed E-state index contributed by atoms with van der Waals surface area (Å²) in [6.07, 6.45) is 1.01. The second kappa shape index (κ2) is 7.32. The fourth-order valence-electron chi connectivity index (χ4n) is 5.45. The van der Waals surface area contributed by atoms with Gasteiger partial charge in [-0.2, -0.15) is 0 Å². The quantitative estimate of drug-likeness (QED) is 0.623. The Morgan fingerprint density at radius 1 is 0.852 bits per heavy atom. The molecule has 1 aliphatic rings. The van der Waals surface area contributed by atoms with E-state index in [0.29, 0.717) is 5.92 Å². The van der Waals surface area contributed by atoms with Gasteiger partial charge in [-0.15, -0.1) is 0 Å². The average molecular weight is 357 g/mol. The zero-order chi connectivity index (χ0) is 18.9. The normalized spacial score (nSPS) is 27.6. The molecule has 3 aromatic rings. The Bertz CT molecular complexity index is 886. The van der Waals surface area contributed by atoms with Crippen LogP contribution in [-0.2, 0) is 5.41 Å². The summed E-state index contributed by atoms with van der Waals surface area (Å²) < 4.78 is 0. The second-order valence-corrected chi connectivity index (χ2v) is 8.12. The van der Waals surface area contributed by atoms with Gasteiger partial charge in [0.1, 0.15) is 0 Å². The van der Waals surface area contributed by atoms with E-state index in [2.05, 4.69) is 98.8 Å². The van der Waals surface area contributed by atoms with Crippen LogP contribution in [0.1, 0.15) is 47.4 Å². The molecule has 0 amide bonds. The van der Waals surface area contributed by atoms with Gasteiger partial charge >= 0.3 is 0 Å². The number of rotatable bonds is 4. The van der Waals surface area contributed by atoms with Crippen molar-refractivity contribution in [2.75, 3.05) is 6.61 Å². The smallest absolute Gasteiger partial charge is 0.0465 e. The van der Waals surface area contributed by atoms with E-state index >= 15 is 0 Å². The SMILES string of the molecule is Cc1ccccc1C1C[C@H](CO)[C@@H](c2ccccc2)[C@@]1(C)c1ccccc1. The zero-order valence-electron chi connectivity index (χ0n) is 16.2. The Balaban J connectivity index is 1.93. The summed E-state index contributed by atoms with van der Waals surface area (Å²) in [5.41, 5.74) is 5.39. The fraction of sp³-hybridized carbons (Fsp3) is 0.308. The predicted octanol–water partition coefficient (Wildman–Crippen LogP) is 5.83. The minimum Gasteiger partial charge on any atom is -0.396 e. The van der Waals surface area contributed by atoms with Crippen molar-refractivity contribution in [3.8, 4) is 0 Å². The molecule has 0 saturated heterocycles. The number of aryl methyl sites for hydroxylation is 1. The van der Waals surface area contributed by atoms with E-state index in [1.165, 1.54) is 22.3 Å². The molecule has 0 heterocycles. The summed E-state index contributed by atoms with van der Waals surface area (Å²) in [7, 11) is 0. The Kier molecular flexibility index (Phi) is 4.88. The molecule has 1 nitrogen and oxygen atoms in total. The van der Waals surface area contributed by atoms with Gasteiger partial charge in [0.25, 0.3) is 0 Å². The largest absolute Gasteiger partial charge is 0.396 e.